The molecule has 2 aromatic carbocycles. The molecule has 0 amide bonds. The zero-order valence-corrected chi connectivity index (χ0v) is 10.7. The molecule has 0 heterocycles. The standard InChI is InChI=1S/C15H13F2NO/c1-10(19)12-5-3-4-6-14(12)18(2)15-8-7-11(16)9-13(15)17/h3-9H,1-2H3. The van der Waals surface area contributed by atoms with E-state index in [9.17, 15) is 13.6 Å². The summed E-state index contributed by atoms with van der Waals surface area (Å²) in [4.78, 5) is 13.1. The van der Waals surface area contributed by atoms with Crippen LogP contribution >= 0.6 is 0 Å². The van der Waals surface area contributed by atoms with Gasteiger partial charge in [0.25, 0.3) is 0 Å². The Balaban J connectivity index is 2.50. The minimum Gasteiger partial charge on any atom is -0.342 e. The van der Waals surface area contributed by atoms with Crippen molar-refractivity contribution >= 4 is 17.2 Å². The second-order valence-corrected chi connectivity index (χ2v) is 4.23. The number of nitrogens with zero attached hydrogens (tertiary/aromatic N) is 1. The first-order valence-electron chi connectivity index (χ1n) is 5.79. The monoisotopic (exact) mass is 261 g/mol. The number of ketones is 1. The van der Waals surface area contributed by atoms with E-state index in [1.54, 1.807) is 31.3 Å². The van der Waals surface area contributed by atoms with Crippen LogP contribution in [0.2, 0.25) is 0 Å². The fourth-order valence-electron chi connectivity index (χ4n) is 1.95. The summed E-state index contributed by atoms with van der Waals surface area (Å²) in [5.74, 6) is -1.40. The molecule has 0 fully saturated rings. The molecule has 4 heteroatoms. The maximum absolute atomic E-state index is 13.8. The molecule has 2 nitrogen and oxygen atoms in total. The lowest BCUT2D eigenvalue weighted by atomic mass is 10.1. The first-order chi connectivity index (χ1) is 9.00. The Hall–Kier alpha value is -2.23. The average Bonchev–Trinajstić information content (AvgIpc) is 2.38. The molecule has 0 aliphatic heterocycles. The van der Waals surface area contributed by atoms with Gasteiger partial charge in [-0.05, 0) is 31.2 Å². The molecule has 2 rings (SSSR count). The fraction of sp³-hybridized carbons (Fsp3) is 0.133. The first-order valence-corrected chi connectivity index (χ1v) is 5.79. The number of anilines is 2. The molecule has 0 aromatic heterocycles. The second kappa shape index (κ2) is 5.18. The largest absolute Gasteiger partial charge is 0.342 e. The van der Waals surface area contributed by atoms with Crippen LogP contribution < -0.4 is 4.90 Å². The number of benzene rings is 2. The van der Waals surface area contributed by atoms with Crippen molar-refractivity contribution in [2.75, 3.05) is 11.9 Å². The zero-order chi connectivity index (χ0) is 14.0. The van der Waals surface area contributed by atoms with Crippen LogP contribution in [0, 0.1) is 11.6 Å². The van der Waals surface area contributed by atoms with E-state index in [1.165, 1.54) is 24.0 Å². The highest BCUT2D eigenvalue weighted by molar-refractivity contribution is 6.00. The number of hydrogen-bond acceptors (Lipinski definition) is 2. The third-order valence-electron chi connectivity index (χ3n) is 2.92. The quantitative estimate of drug-likeness (QED) is 0.780. The first kappa shape index (κ1) is 13.2. The molecule has 0 atom stereocenters. The average molecular weight is 261 g/mol. The molecule has 98 valence electrons. The van der Waals surface area contributed by atoms with Gasteiger partial charge in [-0.25, -0.2) is 8.78 Å². The van der Waals surface area contributed by atoms with Crippen molar-refractivity contribution in [2.45, 2.75) is 6.92 Å². The zero-order valence-electron chi connectivity index (χ0n) is 10.7. The Morgan fingerprint density at radius 3 is 2.37 bits per heavy atom. The molecular formula is C15H13F2NO. The maximum atomic E-state index is 13.8. The number of halogens is 2. The topological polar surface area (TPSA) is 20.3 Å². The van der Waals surface area contributed by atoms with Crippen LogP contribution in [0.4, 0.5) is 20.2 Å². The van der Waals surface area contributed by atoms with E-state index in [-0.39, 0.29) is 11.5 Å². The van der Waals surface area contributed by atoms with Crippen LogP contribution in [0.1, 0.15) is 17.3 Å². The van der Waals surface area contributed by atoms with E-state index >= 15 is 0 Å². The molecule has 0 aliphatic carbocycles. The van der Waals surface area contributed by atoms with Gasteiger partial charge in [-0.1, -0.05) is 12.1 Å². The third-order valence-corrected chi connectivity index (χ3v) is 2.92. The highest BCUT2D eigenvalue weighted by Crippen LogP contribution is 2.29. The smallest absolute Gasteiger partial charge is 0.161 e. The number of Topliss-reactive ketones (excluding diaryl/α,β-unsaturated/α-hetero) is 1. The molecule has 0 spiro atoms. The van der Waals surface area contributed by atoms with Crippen molar-refractivity contribution < 1.29 is 13.6 Å². The Morgan fingerprint density at radius 2 is 1.74 bits per heavy atom. The van der Waals surface area contributed by atoms with Crippen molar-refractivity contribution in [3.05, 3.63) is 59.7 Å². The van der Waals surface area contributed by atoms with Gasteiger partial charge in [-0.3, -0.25) is 4.79 Å². The molecule has 0 saturated heterocycles. The lowest BCUT2D eigenvalue weighted by Crippen LogP contribution is -2.14. The molecule has 0 saturated carbocycles. The van der Waals surface area contributed by atoms with Crippen molar-refractivity contribution in [3.8, 4) is 0 Å². The minimum absolute atomic E-state index is 0.107. The van der Waals surface area contributed by atoms with Crippen LogP contribution in [0.5, 0.6) is 0 Å². The molecule has 2 aromatic rings. The SMILES string of the molecule is CC(=O)c1ccccc1N(C)c1ccc(F)cc1F. The highest BCUT2D eigenvalue weighted by Gasteiger charge is 2.15. The highest BCUT2D eigenvalue weighted by atomic mass is 19.1. The van der Waals surface area contributed by atoms with E-state index in [2.05, 4.69) is 0 Å². The van der Waals surface area contributed by atoms with Crippen LogP contribution in [-0.4, -0.2) is 12.8 Å². The van der Waals surface area contributed by atoms with E-state index < -0.39 is 11.6 Å². The molecule has 0 aliphatic rings. The molecule has 0 radical (unpaired) electrons. The molecule has 0 unspecified atom stereocenters. The molecule has 0 N–H and O–H groups in total. The number of para-hydroxylation sites is 1. The summed E-state index contributed by atoms with van der Waals surface area (Å²) in [5, 5.41) is 0. The normalized spacial score (nSPS) is 10.3. The van der Waals surface area contributed by atoms with Gasteiger partial charge in [0.2, 0.25) is 0 Å². The van der Waals surface area contributed by atoms with Gasteiger partial charge in [0.15, 0.2) is 5.78 Å². The van der Waals surface area contributed by atoms with Crippen LogP contribution in [0.3, 0.4) is 0 Å². The number of carbonyl (C=O) groups is 1. The Morgan fingerprint density at radius 1 is 1.05 bits per heavy atom. The number of hydrogen-bond donors (Lipinski definition) is 0. The van der Waals surface area contributed by atoms with Gasteiger partial charge in [0, 0.05) is 18.7 Å². The van der Waals surface area contributed by atoms with E-state index in [0.717, 1.165) is 6.07 Å². The summed E-state index contributed by atoms with van der Waals surface area (Å²) in [5.41, 5.74) is 1.30. The van der Waals surface area contributed by atoms with Crippen LogP contribution in [0.25, 0.3) is 0 Å². The van der Waals surface area contributed by atoms with Gasteiger partial charge >= 0.3 is 0 Å². The number of rotatable bonds is 3. The predicted molar refractivity (Wildman–Crippen MR) is 70.9 cm³/mol. The summed E-state index contributed by atoms with van der Waals surface area (Å²) in [7, 11) is 1.64. The van der Waals surface area contributed by atoms with E-state index in [0.29, 0.717) is 11.3 Å². The van der Waals surface area contributed by atoms with Gasteiger partial charge in [-0.15, -0.1) is 0 Å². The van der Waals surface area contributed by atoms with Crippen LogP contribution in [0.15, 0.2) is 42.5 Å². The van der Waals surface area contributed by atoms with Crippen molar-refractivity contribution in [1.29, 1.82) is 0 Å². The third kappa shape index (κ3) is 2.62. The summed E-state index contributed by atoms with van der Waals surface area (Å²) in [6, 6.07) is 10.3. The molecule has 19 heavy (non-hydrogen) atoms. The predicted octanol–water partition coefficient (Wildman–Crippen LogP) is 3.94. The van der Waals surface area contributed by atoms with E-state index in [1.807, 2.05) is 0 Å². The summed E-state index contributed by atoms with van der Waals surface area (Å²) >= 11 is 0. The van der Waals surface area contributed by atoms with Crippen molar-refractivity contribution in [3.63, 3.8) is 0 Å². The van der Waals surface area contributed by atoms with Gasteiger partial charge < -0.3 is 4.90 Å². The second-order valence-electron chi connectivity index (χ2n) is 4.23. The Bertz CT molecular complexity index is 625. The molecular weight excluding hydrogens is 248 g/mol. The minimum atomic E-state index is -0.666. The number of carbonyl (C=O) groups excluding carboxylic acids is 1. The van der Waals surface area contributed by atoms with Gasteiger partial charge in [0.05, 0.1) is 11.4 Å². The van der Waals surface area contributed by atoms with Crippen molar-refractivity contribution in [1.82, 2.24) is 0 Å². The fourth-order valence-corrected chi connectivity index (χ4v) is 1.95. The molecule has 0 bridgehead atoms. The maximum Gasteiger partial charge on any atom is 0.161 e. The van der Waals surface area contributed by atoms with Crippen LogP contribution in [-0.2, 0) is 0 Å². The summed E-state index contributed by atoms with van der Waals surface area (Å²) in [6.07, 6.45) is 0. The van der Waals surface area contributed by atoms with Gasteiger partial charge in [-0.2, -0.15) is 0 Å². The Labute approximate surface area is 110 Å². The van der Waals surface area contributed by atoms with Crippen molar-refractivity contribution in [2.24, 2.45) is 0 Å². The Kier molecular flexibility index (Phi) is 3.60. The lowest BCUT2D eigenvalue weighted by Gasteiger charge is -2.22. The lowest BCUT2D eigenvalue weighted by molar-refractivity contribution is 0.101. The summed E-state index contributed by atoms with van der Waals surface area (Å²) < 4.78 is 26.7. The summed E-state index contributed by atoms with van der Waals surface area (Å²) in [6.45, 7) is 1.45. The van der Waals surface area contributed by atoms with Gasteiger partial charge in [0.1, 0.15) is 11.6 Å². The van der Waals surface area contributed by atoms with E-state index in [4.69, 9.17) is 0 Å².